The van der Waals surface area contributed by atoms with Gasteiger partial charge < -0.3 is 9.64 Å². The van der Waals surface area contributed by atoms with E-state index in [2.05, 4.69) is 15.4 Å². The number of H-pyrrole nitrogens is 1. The third-order valence-electron chi connectivity index (χ3n) is 6.36. The lowest BCUT2D eigenvalue weighted by Crippen LogP contribution is -2.41. The van der Waals surface area contributed by atoms with Gasteiger partial charge in [0.1, 0.15) is 10.6 Å². The molecule has 1 aromatic heterocycles. The lowest BCUT2D eigenvalue weighted by molar-refractivity contribution is 0.0767. The van der Waals surface area contributed by atoms with Crippen molar-refractivity contribution in [3.63, 3.8) is 0 Å². The number of carbonyl (C=O) groups excluding carboxylic acids is 1. The molecule has 1 aromatic carbocycles. The van der Waals surface area contributed by atoms with E-state index >= 15 is 0 Å². The van der Waals surface area contributed by atoms with Crippen LogP contribution in [-0.2, 0) is 10.0 Å². The highest BCUT2D eigenvalue weighted by molar-refractivity contribution is 7.89. The summed E-state index contributed by atoms with van der Waals surface area (Å²) >= 11 is 0. The molecule has 3 fully saturated rings. The van der Waals surface area contributed by atoms with Crippen molar-refractivity contribution in [2.45, 2.75) is 29.8 Å². The van der Waals surface area contributed by atoms with E-state index in [-0.39, 0.29) is 34.7 Å². The predicted octanol–water partition coefficient (Wildman–Crippen LogP) is 0.737. The molecule has 5 rings (SSSR count). The van der Waals surface area contributed by atoms with Crippen molar-refractivity contribution in [2.75, 3.05) is 20.2 Å². The van der Waals surface area contributed by atoms with Crippen LogP contribution in [-0.4, -0.2) is 71.2 Å². The summed E-state index contributed by atoms with van der Waals surface area (Å²) in [6.45, 7) is 1.10. The van der Waals surface area contributed by atoms with E-state index in [1.165, 1.54) is 13.3 Å². The van der Waals surface area contributed by atoms with Crippen LogP contribution in [0.25, 0.3) is 0 Å². The topological polar surface area (TPSA) is 108 Å². The van der Waals surface area contributed by atoms with E-state index in [4.69, 9.17) is 4.74 Å². The lowest BCUT2D eigenvalue weighted by Gasteiger charge is -2.26. The van der Waals surface area contributed by atoms with E-state index in [0.29, 0.717) is 24.5 Å². The molecule has 28 heavy (non-hydrogen) atoms. The minimum Gasteiger partial charge on any atom is -0.495 e. The predicted molar refractivity (Wildman–Crippen MR) is 98.1 cm³/mol. The van der Waals surface area contributed by atoms with Gasteiger partial charge in [-0.1, -0.05) is 12.1 Å². The maximum absolute atomic E-state index is 13.5. The summed E-state index contributed by atoms with van der Waals surface area (Å²) in [5, 5.41) is 10.0. The first kappa shape index (κ1) is 17.6. The Labute approximate surface area is 162 Å². The van der Waals surface area contributed by atoms with Gasteiger partial charge in [-0.15, -0.1) is 0 Å². The highest BCUT2D eigenvalue weighted by Crippen LogP contribution is 2.52. The van der Waals surface area contributed by atoms with Crippen LogP contribution in [0.3, 0.4) is 0 Å². The van der Waals surface area contributed by atoms with Crippen LogP contribution < -0.4 is 4.74 Å². The van der Waals surface area contributed by atoms with Crippen LogP contribution in [0.5, 0.6) is 5.75 Å². The number of amides is 1. The third-order valence-corrected chi connectivity index (χ3v) is 8.35. The van der Waals surface area contributed by atoms with Crippen LogP contribution in [0, 0.1) is 11.8 Å². The molecule has 0 aliphatic carbocycles. The summed E-state index contributed by atoms with van der Waals surface area (Å²) in [4.78, 5) is 14.6. The molecule has 0 radical (unpaired) electrons. The number of fused-ring (bicyclic) bond motifs is 5. The van der Waals surface area contributed by atoms with Crippen molar-refractivity contribution in [1.29, 1.82) is 0 Å². The zero-order valence-corrected chi connectivity index (χ0v) is 16.2. The van der Waals surface area contributed by atoms with Crippen molar-refractivity contribution in [3.8, 4) is 5.75 Å². The molecule has 4 heterocycles. The van der Waals surface area contributed by atoms with E-state index in [1.807, 2.05) is 0 Å². The van der Waals surface area contributed by atoms with E-state index in [1.54, 1.807) is 33.5 Å². The van der Waals surface area contributed by atoms with Crippen LogP contribution in [0.1, 0.15) is 23.3 Å². The Kier molecular flexibility index (Phi) is 3.95. The summed E-state index contributed by atoms with van der Waals surface area (Å²) < 4.78 is 33.9. The van der Waals surface area contributed by atoms with Gasteiger partial charge in [0, 0.05) is 25.2 Å². The van der Waals surface area contributed by atoms with Crippen molar-refractivity contribution in [3.05, 3.63) is 36.2 Å². The number of nitrogens with zero attached hydrogens (tertiary/aromatic N) is 4. The molecule has 148 valence electrons. The second-order valence-corrected chi connectivity index (χ2v) is 9.40. The maximum Gasteiger partial charge on any atom is 0.276 e. The lowest BCUT2D eigenvalue weighted by atomic mass is 9.82. The number of hydrogen-bond donors (Lipinski definition) is 1. The fourth-order valence-corrected chi connectivity index (χ4v) is 7.37. The molecule has 1 amide bonds. The monoisotopic (exact) mass is 403 g/mol. The zero-order chi connectivity index (χ0) is 19.5. The summed E-state index contributed by atoms with van der Waals surface area (Å²) in [6, 6.07) is 6.58. The largest absolute Gasteiger partial charge is 0.495 e. The second-order valence-electron chi connectivity index (χ2n) is 7.59. The number of sulfonamides is 1. The average Bonchev–Trinajstić information content (AvgIpc) is 3.48. The molecule has 0 saturated carbocycles. The second kappa shape index (κ2) is 6.28. The number of benzene rings is 1. The fraction of sp³-hybridized carbons (Fsp3) is 0.500. The molecular weight excluding hydrogens is 382 g/mol. The number of rotatable bonds is 4. The highest BCUT2D eigenvalue weighted by Gasteiger charge is 2.61. The molecule has 0 unspecified atom stereocenters. The Morgan fingerprint density at radius 1 is 1.18 bits per heavy atom. The van der Waals surface area contributed by atoms with E-state index in [9.17, 15) is 13.2 Å². The molecule has 3 aliphatic heterocycles. The number of likely N-dealkylation sites (tertiary alicyclic amines) is 1. The van der Waals surface area contributed by atoms with E-state index in [0.717, 1.165) is 12.8 Å². The third kappa shape index (κ3) is 2.40. The zero-order valence-electron chi connectivity index (χ0n) is 15.4. The minimum atomic E-state index is -3.66. The van der Waals surface area contributed by atoms with Crippen molar-refractivity contribution in [2.24, 2.45) is 11.8 Å². The highest BCUT2D eigenvalue weighted by atomic mass is 32.2. The normalized spacial score (nSPS) is 29.2. The number of ether oxygens (including phenoxy) is 1. The summed E-state index contributed by atoms with van der Waals surface area (Å²) in [7, 11) is -2.18. The Morgan fingerprint density at radius 2 is 1.86 bits per heavy atom. The van der Waals surface area contributed by atoms with Gasteiger partial charge in [-0.3, -0.25) is 4.79 Å². The van der Waals surface area contributed by atoms with Gasteiger partial charge in [0.15, 0.2) is 5.69 Å². The molecule has 2 bridgehead atoms. The number of methoxy groups -OCH3 is 1. The summed E-state index contributed by atoms with van der Waals surface area (Å²) in [5.74, 6) is 0.515. The molecular formula is C18H21N5O4S. The SMILES string of the molecule is COc1ccccc1S(=O)(=O)N1[C@@H]2CC[C@H]1[C@H]1CN(C(=O)c3cn[nH]n3)C[C@H]12. The molecule has 9 nitrogen and oxygen atoms in total. The Bertz CT molecular complexity index is 989. The van der Waals surface area contributed by atoms with Gasteiger partial charge in [-0.25, -0.2) is 8.42 Å². The molecule has 4 atom stereocenters. The molecule has 1 N–H and O–H groups in total. The molecule has 10 heteroatoms. The molecule has 3 saturated heterocycles. The van der Waals surface area contributed by atoms with Crippen LogP contribution in [0.4, 0.5) is 0 Å². The molecule has 2 aromatic rings. The van der Waals surface area contributed by atoms with Crippen molar-refractivity contribution in [1.82, 2.24) is 24.6 Å². The molecule has 3 aliphatic rings. The first-order valence-electron chi connectivity index (χ1n) is 9.34. The van der Waals surface area contributed by atoms with Crippen LogP contribution >= 0.6 is 0 Å². The van der Waals surface area contributed by atoms with Crippen LogP contribution in [0.15, 0.2) is 35.4 Å². The van der Waals surface area contributed by atoms with Gasteiger partial charge in [0.25, 0.3) is 5.91 Å². The smallest absolute Gasteiger partial charge is 0.276 e. The Balaban J connectivity index is 1.42. The molecule has 0 spiro atoms. The standard InChI is InChI=1S/C18H21N5O4S/c1-27-16-4-2-3-5-17(16)28(25,26)23-14-6-7-15(23)12-10-22(9-11(12)14)18(24)13-8-19-21-20-13/h2-5,8,11-12,14-15H,6-7,9-10H2,1H3,(H,19,20,21)/t11-,12+,14-,15+. The first-order chi connectivity index (χ1) is 13.5. The number of aromatic amines is 1. The first-order valence-corrected chi connectivity index (χ1v) is 10.8. The van der Waals surface area contributed by atoms with Gasteiger partial charge in [-0.2, -0.15) is 19.7 Å². The average molecular weight is 403 g/mol. The number of nitrogens with one attached hydrogen (secondary N) is 1. The van der Waals surface area contributed by atoms with Gasteiger partial charge >= 0.3 is 0 Å². The van der Waals surface area contributed by atoms with Crippen LogP contribution in [0.2, 0.25) is 0 Å². The Hall–Kier alpha value is -2.46. The summed E-state index contributed by atoms with van der Waals surface area (Å²) in [6.07, 6.45) is 3.07. The number of hydrogen-bond acceptors (Lipinski definition) is 6. The fourth-order valence-electron chi connectivity index (χ4n) is 5.25. The minimum absolute atomic E-state index is 0.0833. The maximum atomic E-state index is 13.5. The van der Waals surface area contributed by atoms with Crippen molar-refractivity contribution < 1.29 is 17.9 Å². The van der Waals surface area contributed by atoms with Gasteiger partial charge in [0.2, 0.25) is 10.0 Å². The van der Waals surface area contributed by atoms with Crippen molar-refractivity contribution >= 4 is 15.9 Å². The number of para-hydroxylation sites is 1. The van der Waals surface area contributed by atoms with Gasteiger partial charge in [-0.05, 0) is 36.8 Å². The quantitative estimate of drug-likeness (QED) is 0.807. The number of aromatic nitrogens is 3. The van der Waals surface area contributed by atoms with E-state index < -0.39 is 10.0 Å². The van der Waals surface area contributed by atoms with Gasteiger partial charge in [0.05, 0.1) is 13.3 Å². The number of carbonyl (C=O) groups is 1. The summed E-state index contributed by atoms with van der Waals surface area (Å²) in [5.41, 5.74) is 0.297. The Morgan fingerprint density at radius 3 is 2.46 bits per heavy atom.